The largest absolute Gasteiger partial charge is 0.294 e. The van der Waals surface area contributed by atoms with E-state index < -0.39 is 0 Å². The first-order valence-electron chi connectivity index (χ1n) is 7.09. The van der Waals surface area contributed by atoms with Gasteiger partial charge in [-0.25, -0.2) is 0 Å². The molecule has 0 amide bonds. The van der Waals surface area contributed by atoms with Crippen LogP contribution in [-0.4, -0.2) is 11.4 Å². The first-order chi connectivity index (χ1) is 9.86. The number of hydrogen-bond donors (Lipinski definition) is 0. The lowest BCUT2D eigenvalue weighted by Crippen LogP contribution is -2.30. The summed E-state index contributed by atoms with van der Waals surface area (Å²) in [5.41, 5.74) is 5.37. The fraction of sp³-hybridized carbons (Fsp3) is 0.278. The van der Waals surface area contributed by atoms with E-state index in [9.17, 15) is 0 Å². The lowest BCUT2D eigenvalue weighted by atomic mass is 9.98. The van der Waals surface area contributed by atoms with Gasteiger partial charge in [0.1, 0.15) is 0 Å². The molecule has 0 saturated carbocycles. The third-order valence-electron chi connectivity index (χ3n) is 3.99. The van der Waals surface area contributed by atoms with E-state index in [0.717, 1.165) is 31.6 Å². The summed E-state index contributed by atoms with van der Waals surface area (Å²) < 4.78 is 0. The molecular formula is C18H18N2. The van der Waals surface area contributed by atoms with Crippen molar-refractivity contribution in [2.75, 3.05) is 6.54 Å². The molecule has 0 unspecified atom stereocenters. The van der Waals surface area contributed by atoms with Gasteiger partial charge in [-0.15, -0.1) is 0 Å². The van der Waals surface area contributed by atoms with Crippen molar-refractivity contribution in [3.8, 4) is 6.07 Å². The molecule has 0 spiro atoms. The lowest BCUT2D eigenvalue weighted by molar-refractivity contribution is 0.245. The molecular weight excluding hydrogens is 244 g/mol. The van der Waals surface area contributed by atoms with Crippen LogP contribution in [0, 0.1) is 11.3 Å². The zero-order valence-corrected chi connectivity index (χ0v) is 11.5. The fourth-order valence-corrected chi connectivity index (χ4v) is 2.90. The summed E-state index contributed by atoms with van der Waals surface area (Å²) in [7, 11) is 0. The number of hydrogen-bond acceptors (Lipinski definition) is 2. The predicted molar refractivity (Wildman–Crippen MR) is 80.0 cm³/mol. The molecule has 100 valence electrons. The van der Waals surface area contributed by atoms with Gasteiger partial charge in [0.05, 0.1) is 12.5 Å². The summed E-state index contributed by atoms with van der Waals surface area (Å²) in [6.07, 6.45) is 1.62. The first-order valence-corrected chi connectivity index (χ1v) is 7.09. The average molecular weight is 262 g/mol. The molecule has 2 heteroatoms. The Bertz CT molecular complexity index is 640. The Morgan fingerprint density at radius 2 is 1.65 bits per heavy atom. The van der Waals surface area contributed by atoms with Gasteiger partial charge in [-0.05, 0) is 28.7 Å². The van der Waals surface area contributed by atoms with Crippen LogP contribution in [0.1, 0.15) is 22.3 Å². The van der Waals surface area contributed by atoms with Crippen molar-refractivity contribution in [3.05, 3.63) is 70.8 Å². The van der Waals surface area contributed by atoms with Crippen molar-refractivity contribution in [1.82, 2.24) is 4.90 Å². The van der Waals surface area contributed by atoms with Crippen molar-refractivity contribution >= 4 is 0 Å². The fourth-order valence-electron chi connectivity index (χ4n) is 2.90. The number of fused-ring (bicyclic) bond motifs is 1. The van der Waals surface area contributed by atoms with Crippen LogP contribution < -0.4 is 0 Å². The molecule has 2 aromatic carbocycles. The normalized spacial score (nSPS) is 14.6. The highest BCUT2D eigenvalue weighted by Crippen LogP contribution is 2.21. The molecule has 2 aromatic rings. The summed E-state index contributed by atoms with van der Waals surface area (Å²) >= 11 is 0. The Morgan fingerprint density at radius 3 is 2.45 bits per heavy atom. The molecule has 0 saturated heterocycles. The average Bonchev–Trinajstić information content (AvgIpc) is 2.49. The highest BCUT2D eigenvalue weighted by atomic mass is 15.1. The quantitative estimate of drug-likeness (QED) is 0.848. The smallest absolute Gasteiger partial charge is 0.0669 e. The number of nitrogens with zero attached hydrogens (tertiary/aromatic N) is 2. The van der Waals surface area contributed by atoms with Crippen molar-refractivity contribution in [1.29, 1.82) is 5.26 Å². The molecule has 0 fully saturated rings. The number of rotatable bonds is 3. The monoisotopic (exact) mass is 262 g/mol. The van der Waals surface area contributed by atoms with Gasteiger partial charge in [-0.2, -0.15) is 5.26 Å². The minimum absolute atomic E-state index is 0.501. The molecule has 0 N–H and O–H groups in total. The summed E-state index contributed by atoms with van der Waals surface area (Å²) in [6, 6.07) is 19.2. The van der Waals surface area contributed by atoms with E-state index in [0.29, 0.717) is 6.42 Å². The Labute approximate surface area is 120 Å². The van der Waals surface area contributed by atoms with Crippen LogP contribution in [0.2, 0.25) is 0 Å². The summed E-state index contributed by atoms with van der Waals surface area (Å²) in [4.78, 5) is 2.47. The van der Waals surface area contributed by atoms with Gasteiger partial charge in [0, 0.05) is 19.6 Å². The van der Waals surface area contributed by atoms with Crippen molar-refractivity contribution < 1.29 is 0 Å². The maximum Gasteiger partial charge on any atom is 0.0669 e. The third-order valence-corrected chi connectivity index (χ3v) is 3.99. The second-order valence-electron chi connectivity index (χ2n) is 5.33. The van der Waals surface area contributed by atoms with Crippen LogP contribution in [0.5, 0.6) is 0 Å². The maximum absolute atomic E-state index is 8.92. The molecule has 1 aliphatic rings. The number of benzene rings is 2. The predicted octanol–water partition coefficient (Wildman–Crippen LogP) is 3.31. The molecule has 0 aromatic heterocycles. The van der Waals surface area contributed by atoms with Gasteiger partial charge in [0.2, 0.25) is 0 Å². The Kier molecular flexibility index (Phi) is 3.80. The van der Waals surface area contributed by atoms with Gasteiger partial charge < -0.3 is 0 Å². The van der Waals surface area contributed by atoms with Gasteiger partial charge in [0.15, 0.2) is 0 Å². The molecule has 3 rings (SSSR count). The molecule has 0 aliphatic carbocycles. The minimum atomic E-state index is 0.501. The van der Waals surface area contributed by atoms with Crippen LogP contribution in [0.3, 0.4) is 0 Å². The van der Waals surface area contributed by atoms with Crippen LogP contribution >= 0.6 is 0 Å². The SMILES string of the molecule is N#CCc1ccccc1CN1CCc2ccccc2C1. The third kappa shape index (κ3) is 2.74. The highest BCUT2D eigenvalue weighted by Gasteiger charge is 2.16. The zero-order valence-electron chi connectivity index (χ0n) is 11.5. The minimum Gasteiger partial charge on any atom is -0.294 e. The molecule has 0 bridgehead atoms. The van der Waals surface area contributed by atoms with E-state index in [2.05, 4.69) is 53.4 Å². The molecule has 0 atom stereocenters. The van der Waals surface area contributed by atoms with Crippen LogP contribution in [0.15, 0.2) is 48.5 Å². The van der Waals surface area contributed by atoms with Crippen molar-refractivity contribution in [2.45, 2.75) is 25.9 Å². The second-order valence-corrected chi connectivity index (χ2v) is 5.33. The van der Waals surface area contributed by atoms with E-state index >= 15 is 0 Å². The van der Waals surface area contributed by atoms with Crippen LogP contribution in [-0.2, 0) is 25.9 Å². The maximum atomic E-state index is 8.92. The topological polar surface area (TPSA) is 27.0 Å². The van der Waals surface area contributed by atoms with Gasteiger partial charge in [0.25, 0.3) is 0 Å². The van der Waals surface area contributed by atoms with Gasteiger partial charge in [-0.1, -0.05) is 48.5 Å². The Balaban J connectivity index is 1.76. The highest BCUT2D eigenvalue weighted by molar-refractivity contribution is 5.31. The Hall–Kier alpha value is -2.11. The van der Waals surface area contributed by atoms with Crippen molar-refractivity contribution in [2.24, 2.45) is 0 Å². The molecule has 1 aliphatic heterocycles. The van der Waals surface area contributed by atoms with E-state index in [4.69, 9.17) is 5.26 Å². The van der Waals surface area contributed by atoms with E-state index in [1.165, 1.54) is 16.7 Å². The summed E-state index contributed by atoms with van der Waals surface area (Å²) in [5, 5.41) is 8.92. The molecule has 1 heterocycles. The van der Waals surface area contributed by atoms with E-state index in [-0.39, 0.29) is 0 Å². The molecule has 20 heavy (non-hydrogen) atoms. The van der Waals surface area contributed by atoms with E-state index in [1.54, 1.807) is 0 Å². The second kappa shape index (κ2) is 5.90. The zero-order chi connectivity index (χ0) is 13.8. The van der Waals surface area contributed by atoms with Gasteiger partial charge >= 0.3 is 0 Å². The van der Waals surface area contributed by atoms with E-state index in [1.807, 2.05) is 6.07 Å². The number of nitriles is 1. The summed E-state index contributed by atoms with van der Waals surface area (Å²) in [5.74, 6) is 0. The Morgan fingerprint density at radius 1 is 0.950 bits per heavy atom. The lowest BCUT2D eigenvalue weighted by Gasteiger charge is -2.29. The van der Waals surface area contributed by atoms with Crippen molar-refractivity contribution in [3.63, 3.8) is 0 Å². The summed E-state index contributed by atoms with van der Waals surface area (Å²) in [6.45, 7) is 3.04. The standard InChI is InChI=1S/C18H18N2/c19-11-9-15-5-1-3-7-17(15)13-20-12-10-16-6-2-4-8-18(16)14-20/h1-8H,9-10,12-14H2. The molecule has 2 nitrogen and oxygen atoms in total. The van der Waals surface area contributed by atoms with Gasteiger partial charge in [-0.3, -0.25) is 4.90 Å². The van der Waals surface area contributed by atoms with Crippen LogP contribution in [0.25, 0.3) is 0 Å². The molecule has 0 radical (unpaired) electrons. The van der Waals surface area contributed by atoms with Crippen LogP contribution in [0.4, 0.5) is 0 Å². The first kappa shape index (κ1) is 12.9.